The molecule has 1 aromatic rings. The fourth-order valence-corrected chi connectivity index (χ4v) is 2.11. The van der Waals surface area contributed by atoms with Crippen LogP contribution >= 0.6 is 0 Å². The zero-order valence-corrected chi connectivity index (χ0v) is 13.8. The van der Waals surface area contributed by atoms with Crippen molar-refractivity contribution in [2.45, 2.75) is 64.7 Å². The van der Waals surface area contributed by atoms with Crippen molar-refractivity contribution in [1.29, 1.82) is 0 Å². The molecule has 0 aliphatic rings. The number of aryl methyl sites for hydroxylation is 1. The summed E-state index contributed by atoms with van der Waals surface area (Å²) in [4.78, 5) is 0. The van der Waals surface area contributed by atoms with E-state index < -0.39 is 0 Å². The first-order chi connectivity index (χ1) is 7.93. The molecule has 0 aromatic heterocycles. The minimum Gasteiger partial charge on any atom is -0.0654 e. The van der Waals surface area contributed by atoms with Gasteiger partial charge in [-0.25, -0.2) is 0 Å². The van der Waals surface area contributed by atoms with Gasteiger partial charge in [-0.05, 0) is 18.4 Å². The van der Waals surface area contributed by atoms with E-state index in [0.29, 0.717) is 0 Å². The summed E-state index contributed by atoms with van der Waals surface area (Å²) in [5, 5.41) is 0. The van der Waals surface area contributed by atoms with Crippen molar-refractivity contribution in [3.05, 3.63) is 35.9 Å². The van der Waals surface area contributed by atoms with Crippen molar-refractivity contribution in [3.8, 4) is 0 Å². The molecule has 0 aliphatic carbocycles. The summed E-state index contributed by atoms with van der Waals surface area (Å²) in [6, 6.07) is 10.8. The fourth-order valence-electron chi connectivity index (χ4n) is 2.11. The topological polar surface area (TPSA) is 0 Å². The Morgan fingerprint density at radius 1 is 0.706 bits per heavy atom. The van der Waals surface area contributed by atoms with Gasteiger partial charge in [0, 0.05) is 0 Å². The van der Waals surface area contributed by atoms with Gasteiger partial charge in [0.05, 0.1) is 0 Å². The number of hydrogen-bond donors (Lipinski definition) is 0. The predicted octanol–water partition coefficient (Wildman–Crippen LogP) is 2.37. The van der Waals surface area contributed by atoms with Gasteiger partial charge in [0.25, 0.3) is 0 Å². The van der Waals surface area contributed by atoms with E-state index in [4.69, 9.17) is 0 Å². The van der Waals surface area contributed by atoms with Crippen molar-refractivity contribution >= 4 is 0 Å². The Morgan fingerprint density at radius 2 is 1.24 bits per heavy atom. The maximum Gasteiger partial charge on any atom is 1.00 e. The Bertz CT molecular complexity index is 243. The van der Waals surface area contributed by atoms with E-state index in [2.05, 4.69) is 37.3 Å². The summed E-state index contributed by atoms with van der Waals surface area (Å²) in [6.07, 6.45) is 12.5. The van der Waals surface area contributed by atoms with Crippen LogP contribution in [0.4, 0.5) is 0 Å². The predicted molar refractivity (Wildman–Crippen MR) is 72.8 cm³/mol. The Labute approximate surface area is 129 Å². The number of benzene rings is 1. The normalized spacial score (nSPS) is 9.94. The molecule has 0 atom stereocenters. The largest absolute Gasteiger partial charge is 1.00 e. The molecule has 0 N–H and O–H groups in total. The third kappa shape index (κ3) is 9.88. The molecule has 17 heavy (non-hydrogen) atoms. The van der Waals surface area contributed by atoms with Crippen LogP contribution in [-0.2, 0) is 6.42 Å². The number of unbranched alkanes of at least 4 members (excludes halogenated alkanes) is 7. The van der Waals surface area contributed by atoms with Gasteiger partial charge in [-0.1, -0.05) is 82.2 Å². The smallest absolute Gasteiger partial charge is 0.0654 e. The van der Waals surface area contributed by atoms with Gasteiger partial charge < -0.3 is 0 Å². The van der Waals surface area contributed by atoms with Gasteiger partial charge in [0.2, 0.25) is 0 Å². The van der Waals surface area contributed by atoms with Gasteiger partial charge in [-0.3, -0.25) is 0 Å². The Morgan fingerprint density at radius 3 is 1.82 bits per heavy atom. The summed E-state index contributed by atoms with van der Waals surface area (Å²) in [5.74, 6) is 0. The van der Waals surface area contributed by atoms with Crippen molar-refractivity contribution in [1.82, 2.24) is 0 Å². The SMILES string of the molecule is CCCCCCCCCCc1ccccc1.[Na+]. The van der Waals surface area contributed by atoms with Crippen LogP contribution in [0.25, 0.3) is 0 Å². The first kappa shape index (κ1) is 17.2. The van der Waals surface area contributed by atoms with E-state index in [-0.39, 0.29) is 29.6 Å². The summed E-state index contributed by atoms with van der Waals surface area (Å²) in [6.45, 7) is 2.28. The molecular formula is C16H26Na+. The fraction of sp³-hybridized carbons (Fsp3) is 0.625. The average molecular weight is 241 g/mol. The molecule has 1 aromatic carbocycles. The molecule has 1 heteroatoms. The molecule has 0 saturated carbocycles. The minimum absolute atomic E-state index is 0. The molecule has 0 aliphatic heterocycles. The second kappa shape index (κ2) is 12.7. The molecule has 0 nitrogen and oxygen atoms in total. The van der Waals surface area contributed by atoms with E-state index in [1.54, 1.807) is 0 Å². The van der Waals surface area contributed by atoms with E-state index >= 15 is 0 Å². The van der Waals surface area contributed by atoms with Gasteiger partial charge in [-0.2, -0.15) is 0 Å². The van der Waals surface area contributed by atoms with Crippen LogP contribution in [-0.4, -0.2) is 0 Å². The second-order valence-corrected chi connectivity index (χ2v) is 4.71. The van der Waals surface area contributed by atoms with Crippen LogP contribution in [0.5, 0.6) is 0 Å². The van der Waals surface area contributed by atoms with Crippen molar-refractivity contribution < 1.29 is 29.6 Å². The van der Waals surface area contributed by atoms with E-state index in [1.807, 2.05) is 0 Å². The van der Waals surface area contributed by atoms with Crippen molar-refractivity contribution in [3.63, 3.8) is 0 Å². The molecule has 0 bridgehead atoms. The van der Waals surface area contributed by atoms with Gasteiger partial charge >= 0.3 is 29.6 Å². The van der Waals surface area contributed by atoms with Crippen LogP contribution in [0.3, 0.4) is 0 Å². The quantitative estimate of drug-likeness (QED) is 0.460. The zero-order valence-electron chi connectivity index (χ0n) is 11.8. The molecule has 0 spiro atoms. The summed E-state index contributed by atoms with van der Waals surface area (Å²) in [7, 11) is 0. The maximum absolute atomic E-state index is 2.28. The molecule has 1 rings (SSSR count). The molecule has 0 radical (unpaired) electrons. The molecule has 0 unspecified atom stereocenters. The van der Waals surface area contributed by atoms with Crippen molar-refractivity contribution in [2.75, 3.05) is 0 Å². The molecule has 90 valence electrons. The van der Waals surface area contributed by atoms with Crippen LogP contribution in [0.2, 0.25) is 0 Å². The van der Waals surface area contributed by atoms with Crippen molar-refractivity contribution in [2.24, 2.45) is 0 Å². The maximum atomic E-state index is 2.28. The van der Waals surface area contributed by atoms with E-state index in [1.165, 1.54) is 63.4 Å². The first-order valence-electron chi connectivity index (χ1n) is 6.97. The van der Waals surface area contributed by atoms with E-state index in [9.17, 15) is 0 Å². The van der Waals surface area contributed by atoms with Crippen LogP contribution in [0.1, 0.15) is 63.9 Å². The Balaban J connectivity index is 0.00000256. The summed E-state index contributed by atoms with van der Waals surface area (Å²) in [5.41, 5.74) is 1.49. The third-order valence-electron chi connectivity index (χ3n) is 3.16. The second-order valence-electron chi connectivity index (χ2n) is 4.71. The molecular weight excluding hydrogens is 215 g/mol. The van der Waals surface area contributed by atoms with Gasteiger partial charge in [-0.15, -0.1) is 0 Å². The zero-order chi connectivity index (χ0) is 11.5. The average Bonchev–Trinajstić information content (AvgIpc) is 2.34. The molecule has 0 fully saturated rings. The monoisotopic (exact) mass is 241 g/mol. The number of rotatable bonds is 9. The molecule has 0 amide bonds. The standard InChI is InChI=1S/C16H26.Na/c1-2-3-4-5-6-7-8-10-13-16-14-11-9-12-15-16;/h9,11-12,14-15H,2-8,10,13H2,1H3;/q;+1. The van der Waals surface area contributed by atoms with Crippen LogP contribution in [0.15, 0.2) is 30.3 Å². The molecule has 0 heterocycles. The third-order valence-corrected chi connectivity index (χ3v) is 3.16. The summed E-state index contributed by atoms with van der Waals surface area (Å²) < 4.78 is 0. The Kier molecular flexibility index (Phi) is 12.8. The number of hydrogen-bond acceptors (Lipinski definition) is 0. The van der Waals surface area contributed by atoms with Gasteiger partial charge in [0.15, 0.2) is 0 Å². The van der Waals surface area contributed by atoms with Crippen LogP contribution in [0, 0.1) is 0 Å². The summed E-state index contributed by atoms with van der Waals surface area (Å²) >= 11 is 0. The first-order valence-corrected chi connectivity index (χ1v) is 6.97. The molecule has 0 saturated heterocycles. The van der Waals surface area contributed by atoms with Crippen LogP contribution < -0.4 is 29.6 Å². The minimum atomic E-state index is 0. The van der Waals surface area contributed by atoms with Gasteiger partial charge in [0.1, 0.15) is 0 Å². The van der Waals surface area contributed by atoms with E-state index in [0.717, 1.165) is 0 Å². The Hall–Kier alpha value is 0.220.